The number of hydrogen-bond donors (Lipinski definition) is 1. The van der Waals surface area contributed by atoms with Gasteiger partial charge in [0.05, 0.1) is 17.2 Å². The summed E-state index contributed by atoms with van der Waals surface area (Å²) < 4.78 is 5.40. The molecule has 0 saturated carbocycles. The van der Waals surface area contributed by atoms with Crippen molar-refractivity contribution in [1.29, 1.82) is 0 Å². The largest absolute Gasteiger partial charge is 0.482 e. The maximum absolute atomic E-state index is 12.6. The highest BCUT2D eigenvalue weighted by molar-refractivity contribution is 6.35. The quantitative estimate of drug-likeness (QED) is 0.298. The van der Waals surface area contributed by atoms with E-state index in [1.54, 1.807) is 36.4 Å². The van der Waals surface area contributed by atoms with Crippen LogP contribution in [0.5, 0.6) is 5.75 Å². The highest BCUT2D eigenvalue weighted by Crippen LogP contribution is 2.27. The Morgan fingerprint density at radius 1 is 0.867 bits per heavy atom. The number of Topliss-reactive ketones (excluding diaryl/α,β-unsaturated/α-hetero) is 1. The van der Waals surface area contributed by atoms with E-state index in [9.17, 15) is 9.59 Å². The van der Waals surface area contributed by atoms with E-state index in [4.69, 9.17) is 27.9 Å². The van der Waals surface area contributed by atoms with Crippen LogP contribution < -0.4 is 10.2 Å². The summed E-state index contributed by atoms with van der Waals surface area (Å²) in [6.07, 6.45) is 0.0399. The van der Waals surface area contributed by atoms with Crippen LogP contribution in [-0.4, -0.2) is 24.0 Å². The molecule has 0 aliphatic heterocycles. The van der Waals surface area contributed by atoms with Gasteiger partial charge in [0, 0.05) is 10.6 Å². The molecule has 0 atom stereocenters. The smallest absolute Gasteiger partial charge is 0.277 e. The number of nitrogens with zero attached hydrogens (tertiary/aromatic N) is 1. The van der Waals surface area contributed by atoms with Gasteiger partial charge in [-0.3, -0.25) is 9.59 Å². The van der Waals surface area contributed by atoms with Crippen LogP contribution in [0.4, 0.5) is 0 Å². The van der Waals surface area contributed by atoms with Crippen LogP contribution in [0.15, 0.2) is 84.0 Å². The van der Waals surface area contributed by atoms with Gasteiger partial charge in [-0.1, -0.05) is 83.9 Å². The van der Waals surface area contributed by atoms with Crippen LogP contribution >= 0.6 is 23.2 Å². The maximum atomic E-state index is 12.6. The molecule has 0 bridgehead atoms. The molecule has 0 aliphatic rings. The number of hydrazone groups is 1. The minimum absolute atomic E-state index is 0.0399. The van der Waals surface area contributed by atoms with E-state index in [-0.39, 0.29) is 18.8 Å². The second-order valence-corrected chi connectivity index (χ2v) is 7.13. The zero-order valence-corrected chi connectivity index (χ0v) is 17.4. The molecule has 152 valence electrons. The summed E-state index contributed by atoms with van der Waals surface area (Å²) in [6, 6.07) is 22.8. The van der Waals surface area contributed by atoms with Crippen molar-refractivity contribution in [3.63, 3.8) is 0 Å². The predicted octanol–water partition coefficient (Wildman–Crippen LogP) is 5.17. The molecule has 3 aromatic rings. The molecule has 0 heterocycles. The lowest BCUT2D eigenvalue weighted by molar-refractivity contribution is -0.123. The van der Waals surface area contributed by atoms with Gasteiger partial charge in [-0.15, -0.1) is 0 Å². The summed E-state index contributed by atoms with van der Waals surface area (Å²) in [5.41, 5.74) is 4.21. The number of ether oxygens (including phenoxy) is 1. The zero-order chi connectivity index (χ0) is 21.3. The zero-order valence-electron chi connectivity index (χ0n) is 15.8. The van der Waals surface area contributed by atoms with Gasteiger partial charge in [0.15, 0.2) is 12.4 Å². The van der Waals surface area contributed by atoms with Gasteiger partial charge in [0.1, 0.15) is 5.75 Å². The molecular formula is C23H18Cl2N2O3. The third-order valence-corrected chi connectivity index (χ3v) is 4.63. The Bertz CT molecular complexity index is 1050. The number of benzene rings is 3. The number of rotatable bonds is 8. The summed E-state index contributed by atoms with van der Waals surface area (Å²) in [4.78, 5) is 24.8. The van der Waals surface area contributed by atoms with Crippen molar-refractivity contribution >= 4 is 40.6 Å². The third kappa shape index (κ3) is 6.17. The predicted molar refractivity (Wildman–Crippen MR) is 118 cm³/mol. The van der Waals surface area contributed by atoms with Crippen LogP contribution in [-0.2, 0) is 4.79 Å². The van der Waals surface area contributed by atoms with Crippen LogP contribution in [0.1, 0.15) is 22.3 Å². The van der Waals surface area contributed by atoms with Gasteiger partial charge in [-0.2, -0.15) is 5.10 Å². The van der Waals surface area contributed by atoms with Crippen molar-refractivity contribution in [2.24, 2.45) is 5.10 Å². The lowest BCUT2D eigenvalue weighted by Crippen LogP contribution is -2.26. The fourth-order valence-electron chi connectivity index (χ4n) is 2.61. The van der Waals surface area contributed by atoms with Crippen LogP contribution in [0.3, 0.4) is 0 Å². The minimum atomic E-state index is -0.485. The highest BCUT2D eigenvalue weighted by atomic mass is 35.5. The Morgan fingerprint density at radius 3 is 2.13 bits per heavy atom. The van der Waals surface area contributed by atoms with Gasteiger partial charge < -0.3 is 4.74 Å². The fraction of sp³-hybridized carbons (Fsp3) is 0.0870. The summed E-state index contributed by atoms with van der Waals surface area (Å²) >= 11 is 11.9. The topological polar surface area (TPSA) is 67.8 Å². The molecule has 0 spiro atoms. The van der Waals surface area contributed by atoms with Crippen molar-refractivity contribution < 1.29 is 14.3 Å². The van der Waals surface area contributed by atoms with Crippen molar-refractivity contribution in [3.05, 3.63) is 100 Å². The van der Waals surface area contributed by atoms with Crippen molar-refractivity contribution in [2.75, 3.05) is 6.61 Å². The van der Waals surface area contributed by atoms with E-state index in [0.717, 1.165) is 5.56 Å². The van der Waals surface area contributed by atoms with E-state index < -0.39 is 5.91 Å². The molecule has 5 nitrogen and oxygen atoms in total. The maximum Gasteiger partial charge on any atom is 0.277 e. The third-order valence-electron chi connectivity index (χ3n) is 4.10. The second-order valence-electron chi connectivity index (χ2n) is 6.29. The van der Waals surface area contributed by atoms with E-state index >= 15 is 0 Å². The number of carbonyl (C=O) groups is 2. The lowest BCUT2D eigenvalue weighted by atomic mass is 10.0. The van der Waals surface area contributed by atoms with Gasteiger partial charge in [0.2, 0.25) is 0 Å². The molecule has 0 saturated heterocycles. The number of nitrogens with one attached hydrogen (secondary N) is 1. The molecule has 1 amide bonds. The second kappa shape index (κ2) is 10.6. The van der Waals surface area contributed by atoms with E-state index in [1.165, 1.54) is 6.07 Å². The fourth-order valence-corrected chi connectivity index (χ4v) is 3.08. The number of halogens is 2. The Balaban J connectivity index is 1.68. The van der Waals surface area contributed by atoms with Crippen LogP contribution in [0.25, 0.3) is 0 Å². The first-order chi connectivity index (χ1) is 14.5. The number of ketones is 1. The average molecular weight is 441 g/mol. The van der Waals surface area contributed by atoms with Crippen molar-refractivity contribution in [3.8, 4) is 5.75 Å². The molecular weight excluding hydrogens is 423 g/mol. The van der Waals surface area contributed by atoms with E-state index in [1.807, 2.05) is 36.4 Å². The summed E-state index contributed by atoms with van der Waals surface area (Å²) in [7, 11) is 0. The Labute approximate surface area is 184 Å². The molecule has 3 aromatic carbocycles. The monoisotopic (exact) mass is 440 g/mol. The van der Waals surface area contributed by atoms with E-state index in [2.05, 4.69) is 10.5 Å². The average Bonchev–Trinajstić information content (AvgIpc) is 2.77. The molecule has 30 heavy (non-hydrogen) atoms. The first-order valence-electron chi connectivity index (χ1n) is 9.10. The normalized spacial score (nSPS) is 11.1. The number of amides is 1. The summed E-state index contributed by atoms with van der Waals surface area (Å²) in [6.45, 7) is -0.292. The summed E-state index contributed by atoms with van der Waals surface area (Å²) in [5, 5.41) is 4.94. The molecule has 0 radical (unpaired) electrons. The Morgan fingerprint density at radius 2 is 1.50 bits per heavy atom. The summed E-state index contributed by atoms with van der Waals surface area (Å²) in [5.74, 6) is -0.249. The Kier molecular flexibility index (Phi) is 7.60. The molecule has 0 unspecified atom stereocenters. The minimum Gasteiger partial charge on any atom is -0.482 e. The first-order valence-corrected chi connectivity index (χ1v) is 9.85. The van der Waals surface area contributed by atoms with Crippen molar-refractivity contribution in [1.82, 2.24) is 5.43 Å². The number of carbonyl (C=O) groups excluding carboxylic acids is 2. The molecule has 1 N–H and O–H groups in total. The lowest BCUT2D eigenvalue weighted by Gasteiger charge is -2.09. The standard InChI is InChI=1S/C23H18Cl2N2O3/c24-18-11-12-22(19(25)13-18)30-15-23(29)27-26-20(16-7-3-1-4-8-16)14-21(28)17-9-5-2-6-10-17/h1-13H,14-15H2,(H,27,29)/b26-20-. The van der Waals surface area contributed by atoms with Gasteiger partial charge >= 0.3 is 0 Å². The molecule has 0 fully saturated rings. The van der Waals surface area contributed by atoms with Gasteiger partial charge in [0.25, 0.3) is 5.91 Å². The van der Waals surface area contributed by atoms with Crippen LogP contribution in [0.2, 0.25) is 10.0 Å². The van der Waals surface area contributed by atoms with Gasteiger partial charge in [-0.05, 0) is 23.8 Å². The first kappa shape index (κ1) is 21.6. The SMILES string of the molecule is O=C(COc1ccc(Cl)cc1Cl)N/N=C(/CC(=O)c1ccccc1)c1ccccc1. The van der Waals surface area contributed by atoms with Crippen LogP contribution in [0, 0.1) is 0 Å². The molecule has 0 aromatic heterocycles. The highest BCUT2D eigenvalue weighted by Gasteiger charge is 2.13. The van der Waals surface area contributed by atoms with E-state index in [0.29, 0.717) is 27.1 Å². The molecule has 7 heteroatoms. The van der Waals surface area contributed by atoms with Gasteiger partial charge in [-0.25, -0.2) is 5.43 Å². The number of hydrogen-bond acceptors (Lipinski definition) is 4. The molecule has 3 rings (SSSR count). The van der Waals surface area contributed by atoms with Crippen molar-refractivity contribution in [2.45, 2.75) is 6.42 Å². The Hall–Kier alpha value is -3.15. The molecule has 0 aliphatic carbocycles.